The van der Waals surface area contributed by atoms with Crippen molar-refractivity contribution in [3.63, 3.8) is 0 Å². The Hall–Kier alpha value is -1.66. The zero-order valence-corrected chi connectivity index (χ0v) is 14.5. The van der Waals surface area contributed by atoms with E-state index < -0.39 is 0 Å². The summed E-state index contributed by atoms with van der Waals surface area (Å²) in [5.41, 5.74) is 3.71. The summed E-state index contributed by atoms with van der Waals surface area (Å²) < 4.78 is 7.75. The minimum Gasteiger partial charge on any atom is -0.373 e. The highest BCUT2D eigenvalue weighted by Gasteiger charge is 2.30. The van der Waals surface area contributed by atoms with Crippen LogP contribution < -0.4 is 5.32 Å². The van der Waals surface area contributed by atoms with Crippen molar-refractivity contribution >= 4 is 0 Å². The van der Waals surface area contributed by atoms with Crippen molar-refractivity contribution in [2.45, 2.75) is 45.3 Å². The van der Waals surface area contributed by atoms with Gasteiger partial charge in [-0.25, -0.2) is 0 Å². The Balaban J connectivity index is 1.57. The minimum atomic E-state index is 0.0855. The summed E-state index contributed by atoms with van der Waals surface area (Å²) in [6.45, 7) is 9.20. The van der Waals surface area contributed by atoms with Gasteiger partial charge < -0.3 is 10.1 Å². The Morgan fingerprint density at radius 3 is 2.91 bits per heavy atom. The average Bonchev–Trinajstić information content (AvgIpc) is 3.17. The number of aromatic nitrogens is 4. The van der Waals surface area contributed by atoms with Gasteiger partial charge in [0, 0.05) is 61.1 Å². The molecule has 2 aromatic heterocycles. The van der Waals surface area contributed by atoms with Gasteiger partial charge in [0.2, 0.25) is 0 Å². The molecule has 0 amide bonds. The van der Waals surface area contributed by atoms with Crippen LogP contribution in [0.2, 0.25) is 0 Å². The van der Waals surface area contributed by atoms with Crippen molar-refractivity contribution in [2.24, 2.45) is 13.0 Å². The number of aryl methyl sites for hydroxylation is 1. The zero-order valence-electron chi connectivity index (χ0n) is 14.5. The van der Waals surface area contributed by atoms with Crippen molar-refractivity contribution in [3.05, 3.63) is 35.4 Å². The van der Waals surface area contributed by atoms with E-state index in [0.717, 1.165) is 26.1 Å². The Morgan fingerprint density at radius 2 is 2.22 bits per heavy atom. The van der Waals surface area contributed by atoms with Gasteiger partial charge in [-0.1, -0.05) is 20.8 Å². The molecule has 2 aromatic rings. The lowest BCUT2D eigenvalue weighted by Crippen LogP contribution is -2.25. The van der Waals surface area contributed by atoms with Crippen molar-refractivity contribution in [2.75, 3.05) is 13.2 Å². The number of nitrogens with zero attached hydrogens (tertiary/aromatic N) is 3. The van der Waals surface area contributed by atoms with Gasteiger partial charge in [-0.15, -0.1) is 0 Å². The van der Waals surface area contributed by atoms with Gasteiger partial charge >= 0.3 is 0 Å². The predicted molar refractivity (Wildman–Crippen MR) is 89.0 cm³/mol. The molecule has 3 rings (SSSR count). The van der Waals surface area contributed by atoms with Crippen LogP contribution >= 0.6 is 0 Å². The van der Waals surface area contributed by atoms with E-state index in [2.05, 4.69) is 47.6 Å². The quantitative estimate of drug-likeness (QED) is 0.888. The Labute approximate surface area is 137 Å². The molecule has 6 nitrogen and oxygen atoms in total. The molecule has 1 saturated heterocycles. The number of hydrogen-bond donors (Lipinski definition) is 2. The second kappa shape index (κ2) is 6.45. The molecule has 3 heterocycles. The van der Waals surface area contributed by atoms with Crippen LogP contribution in [0.5, 0.6) is 0 Å². The largest absolute Gasteiger partial charge is 0.373 e. The summed E-state index contributed by atoms with van der Waals surface area (Å²) in [7, 11) is 1.94. The molecule has 0 radical (unpaired) electrons. The Kier molecular flexibility index (Phi) is 4.55. The first kappa shape index (κ1) is 16.2. The molecular formula is C17H27N5O. The number of hydrogen-bond acceptors (Lipinski definition) is 4. The van der Waals surface area contributed by atoms with Gasteiger partial charge in [0.25, 0.3) is 0 Å². The van der Waals surface area contributed by atoms with Crippen molar-refractivity contribution in [3.8, 4) is 0 Å². The second-order valence-corrected chi connectivity index (χ2v) is 7.44. The molecule has 2 atom stereocenters. The van der Waals surface area contributed by atoms with Gasteiger partial charge in [0.1, 0.15) is 0 Å². The molecule has 2 N–H and O–H groups in total. The molecule has 0 saturated carbocycles. The Morgan fingerprint density at radius 1 is 1.39 bits per heavy atom. The molecule has 6 heteroatoms. The third-order valence-electron chi connectivity index (χ3n) is 4.46. The van der Waals surface area contributed by atoms with E-state index in [1.54, 1.807) is 0 Å². The minimum absolute atomic E-state index is 0.0855. The fourth-order valence-electron chi connectivity index (χ4n) is 3.29. The van der Waals surface area contributed by atoms with Crippen LogP contribution in [0.4, 0.5) is 0 Å². The molecule has 1 aliphatic rings. The first-order valence-electron chi connectivity index (χ1n) is 8.28. The topological polar surface area (TPSA) is 67.8 Å². The Bertz CT molecular complexity index is 639. The predicted octanol–water partition coefficient (Wildman–Crippen LogP) is 2.31. The number of aromatic amines is 1. The van der Waals surface area contributed by atoms with Crippen LogP contribution in [0.1, 0.15) is 50.1 Å². The first-order chi connectivity index (χ1) is 10.9. The van der Waals surface area contributed by atoms with E-state index in [-0.39, 0.29) is 11.5 Å². The number of rotatable bonds is 5. The maximum atomic E-state index is 5.92. The van der Waals surface area contributed by atoms with Crippen molar-refractivity contribution in [1.29, 1.82) is 0 Å². The highest BCUT2D eigenvalue weighted by molar-refractivity contribution is 5.23. The normalized spacial score (nSPS) is 21.9. The summed E-state index contributed by atoms with van der Waals surface area (Å²) in [5, 5.41) is 15.2. The van der Waals surface area contributed by atoms with Gasteiger partial charge in [0.05, 0.1) is 18.5 Å². The highest BCUT2D eigenvalue weighted by atomic mass is 16.5. The first-order valence-corrected chi connectivity index (χ1v) is 8.28. The second-order valence-electron chi connectivity index (χ2n) is 7.44. The molecular weight excluding hydrogens is 290 g/mol. The zero-order chi connectivity index (χ0) is 16.4. The number of H-pyrrole nitrogens is 1. The summed E-state index contributed by atoms with van der Waals surface area (Å²) in [5.74, 6) is 0.490. The molecule has 0 aromatic carbocycles. The van der Waals surface area contributed by atoms with Crippen LogP contribution in [0.25, 0.3) is 0 Å². The lowest BCUT2D eigenvalue weighted by atomic mass is 9.89. The average molecular weight is 317 g/mol. The monoisotopic (exact) mass is 317 g/mol. The summed E-state index contributed by atoms with van der Waals surface area (Å²) >= 11 is 0. The number of ether oxygens (including phenoxy) is 1. The molecule has 126 valence electrons. The van der Waals surface area contributed by atoms with Gasteiger partial charge in [-0.3, -0.25) is 9.78 Å². The summed E-state index contributed by atoms with van der Waals surface area (Å²) in [4.78, 5) is 0. The lowest BCUT2D eigenvalue weighted by molar-refractivity contribution is 0.0904. The summed E-state index contributed by atoms with van der Waals surface area (Å²) in [6, 6.07) is 0. The van der Waals surface area contributed by atoms with E-state index in [4.69, 9.17) is 4.74 Å². The highest BCUT2D eigenvalue weighted by Crippen LogP contribution is 2.33. The maximum absolute atomic E-state index is 5.92. The fourth-order valence-corrected chi connectivity index (χ4v) is 3.29. The molecule has 0 spiro atoms. The lowest BCUT2D eigenvalue weighted by Gasteiger charge is -2.20. The maximum Gasteiger partial charge on any atom is 0.0896 e. The van der Waals surface area contributed by atoms with Crippen molar-refractivity contribution < 1.29 is 4.74 Å². The van der Waals surface area contributed by atoms with E-state index in [1.807, 2.05) is 24.1 Å². The van der Waals surface area contributed by atoms with Crippen LogP contribution in [-0.2, 0) is 23.7 Å². The van der Waals surface area contributed by atoms with Crippen LogP contribution in [-0.4, -0.2) is 33.1 Å². The van der Waals surface area contributed by atoms with E-state index in [0.29, 0.717) is 5.92 Å². The molecule has 0 aliphatic carbocycles. The SMILES string of the molecule is Cn1cc([C@H]2OCC[C@@H]2CNCc2cn[nH]c2C(C)(C)C)cn1. The van der Waals surface area contributed by atoms with Gasteiger partial charge in [-0.2, -0.15) is 10.2 Å². The van der Waals surface area contributed by atoms with Gasteiger partial charge in [-0.05, 0) is 6.42 Å². The van der Waals surface area contributed by atoms with E-state index in [1.165, 1.54) is 16.8 Å². The molecule has 1 aliphatic heterocycles. The number of nitrogens with one attached hydrogen (secondary N) is 2. The molecule has 0 unspecified atom stereocenters. The van der Waals surface area contributed by atoms with Crippen LogP contribution in [0.3, 0.4) is 0 Å². The molecule has 23 heavy (non-hydrogen) atoms. The third-order valence-corrected chi connectivity index (χ3v) is 4.46. The van der Waals surface area contributed by atoms with E-state index in [9.17, 15) is 0 Å². The molecule has 1 fully saturated rings. The summed E-state index contributed by atoms with van der Waals surface area (Å²) in [6.07, 6.45) is 7.14. The van der Waals surface area contributed by atoms with Gasteiger partial charge in [0.15, 0.2) is 0 Å². The molecule has 0 bridgehead atoms. The van der Waals surface area contributed by atoms with Crippen molar-refractivity contribution in [1.82, 2.24) is 25.3 Å². The van der Waals surface area contributed by atoms with Crippen LogP contribution in [0.15, 0.2) is 18.6 Å². The van der Waals surface area contributed by atoms with Crippen LogP contribution in [0, 0.1) is 5.92 Å². The standard InChI is InChI=1S/C17H27N5O/c1-17(2,3)16-13(9-19-21-16)8-18-7-12-5-6-23-15(12)14-10-20-22(4)11-14/h9-12,15,18H,5-8H2,1-4H3,(H,19,21)/t12-,15+/m1/s1. The third kappa shape index (κ3) is 3.64. The smallest absolute Gasteiger partial charge is 0.0896 e. The van der Waals surface area contributed by atoms with E-state index >= 15 is 0 Å². The fraction of sp³-hybridized carbons (Fsp3) is 0.647.